The predicted molar refractivity (Wildman–Crippen MR) is 116 cm³/mol. The Morgan fingerprint density at radius 2 is 1.87 bits per heavy atom. The number of anilines is 1. The maximum atomic E-state index is 13.0. The summed E-state index contributed by atoms with van der Waals surface area (Å²) in [4.78, 5) is 26.9. The standard InChI is InChI=1S/C24H25FN2O4/c25-20-7-5-17(6-8-20)22(28)18-9-13-27(14-10-18)12-2-15-31-24(29)26-21-4-1-3-19-11-16-30-23(19)21/h1,3-8,11,16,18H,2,9-10,12-15H2,(H,26,29). The van der Waals surface area contributed by atoms with Gasteiger partial charge in [0.2, 0.25) is 0 Å². The van der Waals surface area contributed by atoms with Crippen molar-refractivity contribution < 1.29 is 23.1 Å². The lowest BCUT2D eigenvalue weighted by molar-refractivity contribution is 0.0830. The molecular weight excluding hydrogens is 399 g/mol. The third-order valence-corrected chi connectivity index (χ3v) is 5.65. The molecule has 4 rings (SSSR count). The number of likely N-dealkylation sites (tertiary alicyclic amines) is 1. The molecule has 1 saturated heterocycles. The van der Waals surface area contributed by atoms with Crippen LogP contribution in [0.25, 0.3) is 11.0 Å². The number of amides is 1. The molecule has 0 bridgehead atoms. The van der Waals surface area contributed by atoms with Crippen molar-refractivity contribution in [2.75, 3.05) is 31.6 Å². The fourth-order valence-corrected chi connectivity index (χ4v) is 3.96. The van der Waals surface area contributed by atoms with Crippen molar-refractivity contribution in [1.29, 1.82) is 0 Å². The maximum Gasteiger partial charge on any atom is 0.411 e. The minimum atomic E-state index is -0.507. The summed E-state index contributed by atoms with van der Waals surface area (Å²) in [6.07, 6.45) is 3.36. The Morgan fingerprint density at radius 1 is 1.10 bits per heavy atom. The number of rotatable bonds is 7. The zero-order valence-electron chi connectivity index (χ0n) is 17.2. The van der Waals surface area contributed by atoms with Crippen molar-refractivity contribution in [1.82, 2.24) is 4.90 Å². The first-order chi connectivity index (χ1) is 15.1. The van der Waals surface area contributed by atoms with E-state index in [-0.39, 0.29) is 17.5 Å². The lowest BCUT2D eigenvalue weighted by atomic mass is 9.89. The Kier molecular flexibility index (Phi) is 6.62. The van der Waals surface area contributed by atoms with Gasteiger partial charge in [0.25, 0.3) is 0 Å². The van der Waals surface area contributed by atoms with Gasteiger partial charge in [-0.25, -0.2) is 9.18 Å². The van der Waals surface area contributed by atoms with Gasteiger partial charge in [-0.2, -0.15) is 0 Å². The van der Waals surface area contributed by atoms with Crippen molar-refractivity contribution in [3.8, 4) is 0 Å². The molecule has 1 amide bonds. The van der Waals surface area contributed by atoms with E-state index >= 15 is 0 Å². The number of hydrogen-bond donors (Lipinski definition) is 1. The number of nitrogens with one attached hydrogen (secondary N) is 1. The van der Waals surface area contributed by atoms with Gasteiger partial charge in [0, 0.05) is 23.4 Å². The summed E-state index contributed by atoms with van der Waals surface area (Å²) in [5.74, 6) is -0.264. The highest BCUT2D eigenvalue weighted by Gasteiger charge is 2.25. The SMILES string of the molecule is O=C(Nc1cccc2ccoc12)OCCCN1CCC(C(=O)c2ccc(F)cc2)CC1. The molecule has 31 heavy (non-hydrogen) atoms. The number of para-hydroxylation sites is 1. The Balaban J connectivity index is 1.15. The molecule has 1 aliphatic rings. The van der Waals surface area contributed by atoms with E-state index in [4.69, 9.17) is 9.15 Å². The van der Waals surface area contributed by atoms with Crippen LogP contribution in [0.2, 0.25) is 0 Å². The number of carbonyl (C=O) groups is 2. The summed E-state index contributed by atoms with van der Waals surface area (Å²) in [5, 5.41) is 3.63. The van der Waals surface area contributed by atoms with Crippen LogP contribution in [-0.2, 0) is 4.74 Å². The van der Waals surface area contributed by atoms with Crippen LogP contribution in [0.4, 0.5) is 14.9 Å². The molecule has 162 valence electrons. The van der Waals surface area contributed by atoms with E-state index in [9.17, 15) is 14.0 Å². The first-order valence-electron chi connectivity index (χ1n) is 10.5. The summed E-state index contributed by atoms with van der Waals surface area (Å²) >= 11 is 0. The highest BCUT2D eigenvalue weighted by molar-refractivity contribution is 5.98. The molecule has 0 aliphatic carbocycles. The smallest absolute Gasteiger partial charge is 0.411 e. The molecule has 1 aromatic heterocycles. The van der Waals surface area contributed by atoms with Gasteiger partial charge >= 0.3 is 6.09 Å². The van der Waals surface area contributed by atoms with E-state index in [1.807, 2.05) is 18.2 Å². The molecule has 2 aromatic carbocycles. The third kappa shape index (κ3) is 5.30. The molecule has 0 atom stereocenters. The molecule has 0 radical (unpaired) electrons. The van der Waals surface area contributed by atoms with Crippen LogP contribution < -0.4 is 5.32 Å². The van der Waals surface area contributed by atoms with Crippen LogP contribution in [0.5, 0.6) is 0 Å². The molecule has 1 fully saturated rings. The lowest BCUT2D eigenvalue weighted by Crippen LogP contribution is -2.37. The fourth-order valence-electron chi connectivity index (χ4n) is 3.96. The summed E-state index contributed by atoms with van der Waals surface area (Å²) in [5.41, 5.74) is 1.78. The number of hydrogen-bond acceptors (Lipinski definition) is 5. The van der Waals surface area contributed by atoms with Crippen LogP contribution in [-0.4, -0.2) is 43.0 Å². The van der Waals surface area contributed by atoms with E-state index in [0.717, 1.165) is 44.3 Å². The maximum absolute atomic E-state index is 13.0. The molecule has 3 aromatic rings. The van der Waals surface area contributed by atoms with E-state index in [1.165, 1.54) is 12.1 Å². The predicted octanol–water partition coefficient (Wildman–Crippen LogP) is 5.11. The first-order valence-corrected chi connectivity index (χ1v) is 10.5. The second kappa shape index (κ2) is 9.75. The molecule has 7 heteroatoms. The molecular formula is C24H25FN2O4. The van der Waals surface area contributed by atoms with Crippen LogP contribution in [0.15, 0.2) is 59.2 Å². The number of carbonyl (C=O) groups excluding carboxylic acids is 2. The minimum Gasteiger partial charge on any atom is -0.462 e. The Labute approximate surface area is 180 Å². The number of furan rings is 1. The summed E-state index contributed by atoms with van der Waals surface area (Å²) in [7, 11) is 0. The van der Waals surface area contributed by atoms with Crippen LogP contribution in [0.1, 0.15) is 29.6 Å². The van der Waals surface area contributed by atoms with Crippen LogP contribution >= 0.6 is 0 Å². The van der Waals surface area contributed by atoms with Gasteiger partial charge in [-0.15, -0.1) is 0 Å². The number of fused-ring (bicyclic) bond motifs is 1. The van der Waals surface area contributed by atoms with Crippen molar-refractivity contribution in [3.63, 3.8) is 0 Å². The number of benzene rings is 2. The average molecular weight is 424 g/mol. The summed E-state index contributed by atoms with van der Waals surface area (Å²) in [6, 6.07) is 13.1. The summed E-state index contributed by atoms with van der Waals surface area (Å²) < 4.78 is 23.7. The topological polar surface area (TPSA) is 71.8 Å². The van der Waals surface area contributed by atoms with Gasteiger partial charge in [-0.05, 0) is 68.8 Å². The molecule has 0 spiro atoms. The van der Waals surface area contributed by atoms with Crippen LogP contribution in [0.3, 0.4) is 0 Å². The van der Waals surface area contributed by atoms with Gasteiger partial charge in [-0.3, -0.25) is 10.1 Å². The van der Waals surface area contributed by atoms with Gasteiger partial charge in [0.1, 0.15) is 5.82 Å². The Hall–Kier alpha value is -3.19. The van der Waals surface area contributed by atoms with Gasteiger partial charge in [0.05, 0.1) is 18.6 Å². The number of piperidine rings is 1. The van der Waals surface area contributed by atoms with E-state index in [1.54, 1.807) is 24.5 Å². The van der Waals surface area contributed by atoms with Crippen molar-refractivity contribution in [3.05, 3.63) is 66.2 Å². The highest BCUT2D eigenvalue weighted by Crippen LogP contribution is 2.24. The second-order valence-electron chi connectivity index (χ2n) is 7.75. The molecule has 1 aliphatic heterocycles. The summed E-state index contributed by atoms with van der Waals surface area (Å²) in [6.45, 7) is 2.77. The normalized spacial score (nSPS) is 15.1. The minimum absolute atomic E-state index is 0.0203. The van der Waals surface area contributed by atoms with Crippen LogP contribution in [0, 0.1) is 11.7 Å². The van der Waals surface area contributed by atoms with Crippen molar-refractivity contribution >= 4 is 28.5 Å². The number of nitrogens with zero attached hydrogens (tertiary/aromatic N) is 1. The Bertz CT molecular complexity index is 1040. The molecule has 0 saturated carbocycles. The zero-order valence-corrected chi connectivity index (χ0v) is 17.2. The third-order valence-electron chi connectivity index (χ3n) is 5.65. The molecule has 2 heterocycles. The first kappa shape index (κ1) is 21.1. The van der Waals surface area contributed by atoms with Crippen molar-refractivity contribution in [2.45, 2.75) is 19.3 Å². The molecule has 6 nitrogen and oxygen atoms in total. The second-order valence-corrected chi connectivity index (χ2v) is 7.75. The van der Waals surface area contributed by atoms with E-state index in [2.05, 4.69) is 10.2 Å². The number of ketones is 1. The monoisotopic (exact) mass is 424 g/mol. The zero-order chi connectivity index (χ0) is 21.6. The van der Waals surface area contributed by atoms with Gasteiger partial charge in [0.15, 0.2) is 11.4 Å². The van der Waals surface area contributed by atoms with Crippen molar-refractivity contribution in [2.24, 2.45) is 5.92 Å². The molecule has 1 N–H and O–H groups in total. The Morgan fingerprint density at radius 3 is 2.65 bits per heavy atom. The van der Waals surface area contributed by atoms with E-state index in [0.29, 0.717) is 23.4 Å². The fraction of sp³-hybridized carbons (Fsp3) is 0.333. The molecule has 0 unspecified atom stereocenters. The quantitative estimate of drug-likeness (QED) is 0.422. The lowest BCUT2D eigenvalue weighted by Gasteiger charge is -2.31. The van der Waals surface area contributed by atoms with E-state index < -0.39 is 6.09 Å². The van der Waals surface area contributed by atoms with Gasteiger partial charge < -0.3 is 14.1 Å². The van der Waals surface area contributed by atoms with Gasteiger partial charge in [-0.1, -0.05) is 12.1 Å². The average Bonchev–Trinajstić information content (AvgIpc) is 3.27. The highest BCUT2D eigenvalue weighted by atomic mass is 19.1. The number of ether oxygens (including phenoxy) is 1. The number of Topliss-reactive ketones (excluding diaryl/α,β-unsaturated/α-hetero) is 1. The number of halogens is 1. The largest absolute Gasteiger partial charge is 0.462 e.